The molecule has 2 aliphatic heterocycles. The number of rotatable bonds is 3. The summed E-state index contributed by atoms with van der Waals surface area (Å²) in [5, 5.41) is 5.02. The molecule has 1 N–H and O–H groups in total. The van der Waals surface area contributed by atoms with Crippen LogP contribution < -0.4 is 5.32 Å². The molecule has 0 aromatic carbocycles. The number of fused-ring (bicyclic) bond motifs is 2. The molecule has 3 atom stereocenters. The smallest absolute Gasteiger partial charge is 0.410 e. The van der Waals surface area contributed by atoms with Crippen molar-refractivity contribution >= 4 is 23.3 Å². The summed E-state index contributed by atoms with van der Waals surface area (Å²) in [6.45, 7) is 6.17. The predicted molar refractivity (Wildman–Crippen MR) is 89.2 cm³/mol. The van der Waals surface area contributed by atoms with Crippen LogP contribution in [0.3, 0.4) is 0 Å². The van der Waals surface area contributed by atoms with E-state index in [1.54, 1.807) is 16.2 Å². The van der Waals surface area contributed by atoms with Gasteiger partial charge in [-0.2, -0.15) is 0 Å². The van der Waals surface area contributed by atoms with Crippen LogP contribution in [0.5, 0.6) is 0 Å². The first kappa shape index (κ1) is 16.3. The SMILES string of the molecule is CC(C)(C)OC(=O)N1[C@H]2CC[C@H]1[C@@H](C(=O)NCc1cccs1)C2. The Hall–Kier alpha value is -1.56. The molecule has 0 saturated carbocycles. The van der Waals surface area contributed by atoms with Gasteiger partial charge in [0.25, 0.3) is 0 Å². The van der Waals surface area contributed by atoms with Gasteiger partial charge in [0.15, 0.2) is 0 Å². The molecule has 3 heterocycles. The molecule has 0 radical (unpaired) electrons. The Morgan fingerprint density at radius 3 is 2.83 bits per heavy atom. The minimum Gasteiger partial charge on any atom is -0.444 e. The van der Waals surface area contributed by atoms with Crippen molar-refractivity contribution in [2.24, 2.45) is 5.92 Å². The van der Waals surface area contributed by atoms with E-state index in [0.717, 1.165) is 24.1 Å². The molecule has 1 aromatic heterocycles. The lowest BCUT2D eigenvalue weighted by Gasteiger charge is -2.28. The van der Waals surface area contributed by atoms with E-state index in [1.165, 1.54) is 0 Å². The van der Waals surface area contributed by atoms with E-state index in [0.29, 0.717) is 6.54 Å². The van der Waals surface area contributed by atoms with E-state index < -0.39 is 5.60 Å². The van der Waals surface area contributed by atoms with Gasteiger partial charge < -0.3 is 15.0 Å². The molecule has 23 heavy (non-hydrogen) atoms. The molecular weight excluding hydrogens is 312 g/mol. The third-order valence-electron chi connectivity index (χ3n) is 4.49. The van der Waals surface area contributed by atoms with E-state index in [1.807, 2.05) is 38.3 Å². The van der Waals surface area contributed by atoms with Gasteiger partial charge in [0.05, 0.1) is 12.5 Å². The largest absolute Gasteiger partial charge is 0.444 e. The van der Waals surface area contributed by atoms with Crippen molar-refractivity contribution in [2.45, 2.75) is 64.3 Å². The number of nitrogens with one attached hydrogen (secondary N) is 1. The monoisotopic (exact) mass is 336 g/mol. The lowest BCUT2D eigenvalue weighted by atomic mass is 9.88. The Labute approximate surface area is 141 Å². The molecule has 2 saturated heterocycles. The summed E-state index contributed by atoms with van der Waals surface area (Å²) in [5.74, 6) is -0.0552. The Bertz CT molecular complexity index is 579. The van der Waals surface area contributed by atoms with E-state index in [-0.39, 0.29) is 30.0 Å². The van der Waals surface area contributed by atoms with E-state index in [2.05, 4.69) is 5.32 Å². The fourth-order valence-electron chi connectivity index (χ4n) is 3.59. The molecule has 0 aliphatic carbocycles. The number of thiophene rings is 1. The van der Waals surface area contributed by atoms with Crippen molar-refractivity contribution in [1.82, 2.24) is 10.2 Å². The summed E-state index contributed by atoms with van der Waals surface area (Å²) in [4.78, 5) is 27.9. The highest BCUT2D eigenvalue weighted by Gasteiger charge is 2.52. The van der Waals surface area contributed by atoms with Crippen molar-refractivity contribution in [1.29, 1.82) is 0 Å². The number of hydrogen-bond acceptors (Lipinski definition) is 4. The first-order chi connectivity index (χ1) is 10.8. The quantitative estimate of drug-likeness (QED) is 0.922. The molecule has 2 fully saturated rings. The molecule has 2 bridgehead atoms. The summed E-state index contributed by atoms with van der Waals surface area (Å²) < 4.78 is 5.51. The van der Waals surface area contributed by atoms with Crippen LogP contribution in [0.4, 0.5) is 4.79 Å². The predicted octanol–water partition coefficient (Wildman–Crippen LogP) is 3.15. The van der Waals surface area contributed by atoms with E-state index in [4.69, 9.17) is 4.74 Å². The van der Waals surface area contributed by atoms with Crippen LogP contribution >= 0.6 is 11.3 Å². The third kappa shape index (κ3) is 3.52. The Balaban J connectivity index is 1.60. The average Bonchev–Trinajstić information content (AvgIpc) is 3.17. The zero-order chi connectivity index (χ0) is 16.6. The van der Waals surface area contributed by atoms with Gasteiger partial charge in [0.2, 0.25) is 5.91 Å². The van der Waals surface area contributed by atoms with Gasteiger partial charge in [0, 0.05) is 17.0 Å². The second-order valence-electron chi connectivity index (χ2n) is 7.33. The minimum absolute atomic E-state index is 0.0156. The van der Waals surface area contributed by atoms with Crippen molar-refractivity contribution in [3.05, 3.63) is 22.4 Å². The first-order valence-electron chi connectivity index (χ1n) is 8.16. The van der Waals surface area contributed by atoms with Gasteiger partial charge in [-0.1, -0.05) is 6.07 Å². The highest BCUT2D eigenvalue weighted by molar-refractivity contribution is 7.09. The highest BCUT2D eigenvalue weighted by atomic mass is 32.1. The molecule has 2 aliphatic rings. The molecule has 6 heteroatoms. The Morgan fingerprint density at radius 1 is 1.39 bits per heavy atom. The number of ether oxygens (including phenoxy) is 1. The molecule has 5 nitrogen and oxygen atoms in total. The van der Waals surface area contributed by atoms with Gasteiger partial charge in [0.1, 0.15) is 5.60 Å². The van der Waals surface area contributed by atoms with Gasteiger partial charge >= 0.3 is 6.09 Å². The second-order valence-corrected chi connectivity index (χ2v) is 8.36. The van der Waals surface area contributed by atoms with Crippen LogP contribution in [0.25, 0.3) is 0 Å². The number of amides is 2. The third-order valence-corrected chi connectivity index (χ3v) is 5.37. The summed E-state index contributed by atoms with van der Waals surface area (Å²) in [5.41, 5.74) is -0.504. The number of hydrogen-bond donors (Lipinski definition) is 1. The fraction of sp³-hybridized carbons (Fsp3) is 0.647. The maximum Gasteiger partial charge on any atom is 0.410 e. The van der Waals surface area contributed by atoms with Gasteiger partial charge in [-0.3, -0.25) is 4.79 Å². The molecule has 0 unspecified atom stereocenters. The molecule has 126 valence electrons. The second kappa shape index (κ2) is 6.15. The molecular formula is C17H24N2O3S. The lowest BCUT2D eigenvalue weighted by Crippen LogP contribution is -2.43. The van der Waals surface area contributed by atoms with Crippen molar-refractivity contribution in [3.8, 4) is 0 Å². The van der Waals surface area contributed by atoms with E-state index >= 15 is 0 Å². The summed E-state index contributed by atoms with van der Waals surface area (Å²) in [7, 11) is 0. The highest BCUT2D eigenvalue weighted by Crippen LogP contribution is 2.42. The molecule has 3 rings (SSSR count). The summed E-state index contributed by atoms with van der Waals surface area (Å²) in [6, 6.07) is 4.12. The fourth-order valence-corrected chi connectivity index (χ4v) is 4.23. The zero-order valence-corrected chi connectivity index (χ0v) is 14.7. The summed E-state index contributed by atoms with van der Waals surface area (Å²) in [6.07, 6.45) is 2.33. The minimum atomic E-state index is -0.504. The maximum absolute atomic E-state index is 12.5. The number of nitrogens with zero attached hydrogens (tertiary/aromatic N) is 1. The topological polar surface area (TPSA) is 58.6 Å². The van der Waals surface area contributed by atoms with Crippen LogP contribution in [-0.4, -0.2) is 34.6 Å². The van der Waals surface area contributed by atoms with Crippen molar-refractivity contribution < 1.29 is 14.3 Å². The molecule has 2 amide bonds. The molecule has 1 aromatic rings. The van der Waals surface area contributed by atoms with Gasteiger partial charge in [-0.05, 0) is 51.5 Å². The van der Waals surface area contributed by atoms with Crippen LogP contribution in [0, 0.1) is 5.92 Å². The van der Waals surface area contributed by atoms with Gasteiger partial charge in [-0.15, -0.1) is 11.3 Å². The Morgan fingerprint density at radius 2 is 2.17 bits per heavy atom. The van der Waals surface area contributed by atoms with Crippen LogP contribution in [-0.2, 0) is 16.1 Å². The summed E-state index contributed by atoms with van der Waals surface area (Å²) >= 11 is 1.64. The van der Waals surface area contributed by atoms with Crippen molar-refractivity contribution in [2.75, 3.05) is 0 Å². The van der Waals surface area contributed by atoms with Crippen LogP contribution in [0.15, 0.2) is 17.5 Å². The first-order valence-corrected chi connectivity index (χ1v) is 9.04. The van der Waals surface area contributed by atoms with Crippen LogP contribution in [0.1, 0.15) is 44.9 Å². The van der Waals surface area contributed by atoms with E-state index in [9.17, 15) is 9.59 Å². The van der Waals surface area contributed by atoms with Gasteiger partial charge in [-0.25, -0.2) is 4.79 Å². The normalized spacial score (nSPS) is 26.4. The Kier molecular flexibility index (Phi) is 4.36. The molecule has 0 spiro atoms. The maximum atomic E-state index is 12.5. The average molecular weight is 336 g/mol. The zero-order valence-electron chi connectivity index (χ0n) is 13.9. The number of carbonyl (C=O) groups excluding carboxylic acids is 2. The lowest BCUT2D eigenvalue weighted by molar-refractivity contribution is -0.126. The van der Waals surface area contributed by atoms with Crippen molar-refractivity contribution in [3.63, 3.8) is 0 Å². The van der Waals surface area contributed by atoms with Crippen LogP contribution in [0.2, 0.25) is 0 Å². The number of carbonyl (C=O) groups is 2. The standard InChI is InChI=1S/C17H24N2O3S/c1-17(2,3)22-16(21)19-11-6-7-14(19)13(9-11)15(20)18-10-12-5-4-8-23-12/h4-5,8,11,13-14H,6-7,9-10H2,1-3H3,(H,18,20)/t11-,13-,14-/m0/s1.